The maximum atomic E-state index is 5.38. The second-order valence-electron chi connectivity index (χ2n) is 5.45. The summed E-state index contributed by atoms with van der Waals surface area (Å²) in [6.07, 6.45) is 3.49. The van der Waals surface area contributed by atoms with Gasteiger partial charge in [0.2, 0.25) is 11.7 Å². The summed E-state index contributed by atoms with van der Waals surface area (Å²) in [5.41, 5.74) is 1.02. The first-order chi connectivity index (χ1) is 9.61. The summed E-state index contributed by atoms with van der Waals surface area (Å²) in [5.74, 6) is 2.38. The molecule has 0 fully saturated rings. The molecule has 110 valence electrons. The van der Waals surface area contributed by atoms with E-state index in [2.05, 4.69) is 36.2 Å². The Morgan fingerprint density at radius 2 is 2.15 bits per heavy atom. The fourth-order valence-corrected chi connectivity index (χ4v) is 2.09. The average molecular weight is 277 g/mol. The molecule has 0 aromatic carbocycles. The monoisotopic (exact) mass is 277 g/mol. The van der Waals surface area contributed by atoms with Crippen LogP contribution in [0.3, 0.4) is 0 Å². The van der Waals surface area contributed by atoms with E-state index in [1.807, 2.05) is 13.0 Å². The lowest BCUT2D eigenvalue weighted by atomic mass is 10.0. The van der Waals surface area contributed by atoms with E-state index in [1.54, 1.807) is 6.26 Å². The van der Waals surface area contributed by atoms with Gasteiger partial charge in [0.05, 0.1) is 6.26 Å². The summed E-state index contributed by atoms with van der Waals surface area (Å²) in [7, 11) is 0. The highest BCUT2D eigenvalue weighted by Gasteiger charge is 2.19. The maximum absolute atomic E-state index is 5.38. The number of nitrogens with zero attached hydrogens (tertiary/aromatic N) is 2. The zero-order valence-electron chi connectivity index (χ0n) is 12.6. The highest BCUT2D eigenvalue weighted by Crippen LogP contribution is 2.21. The zero-order valence-corrected chi connectivity index (χ0v) is 12.6. The van der Waals surface area contributed by atoms with Crippen LogP contribution in [0.2, 0.25) is 0 Å². The second-order valence-corrected chi connectivity index (χ2v) is 5.45. The molecule has 2 heterocycles. The Morgan fingerprint density at radius 1 is 1.35 bits per heavy atom. The first-order valence-corrected chi connectivity index (χ1v) is 7.22. The first-order valence-electron chi connectivity index (χ1n) is 7.22. The molecule has 0 saturated carbocycles. The molecule has 2 aromatic rings. The van der Waals surface area contributed by atoms with Crippen LogP contribution in [-0.2, 0) is 6.42 Å². The van der Waals surface area contributed by atoms with Crippen LogP contribution in [0.25, 0.3) is 11.6 Å². The van der Waals surface area contributed by atoms with Crippen molar-refractivity contribution >= 4 is 0 Å². The summed E-state index contributed by atoms with van der Waals surface area (Å²) in [5, 5.41) is 7.53. The van der Waals surface area contributed by atoms with Gasteiger partial charge in [0.1, 0.15) is 0 Å². The van der Waals surface area contributed by atoms with Gasteiger partial charge in [-0.15, -0.1) is 0 Å². The van der Waals surface area contributed by atoms with Crippen molar-refractivity contribution in [2.75, 3.05) is 6.54 Å². The van der Waals surface area contributed by atoms with Gasteiger partial charge in [0, 0.05) is 12.5 Å². The molecule has 0 saturated heterocycles. The maximum Gasteiger partial charge on any atom is 0.238 e. The summed E-state index contributed by atoms with van der Waals surface area (Å²) >= 11 is 0. The minimum absolute atomic E-state index is 0.348. The van der Waals surface area contributed by atoms with Crippen LogP contribution >= 0.6 is 0 Å². The van der Waals surface area contributed by atoms with Crippen LogP contribution in [0.1, 0.15) is 38.6 Å². The van der Waals surface area contributed by atoms with Gasteiger partial charge in [-0.05, 0) is 37.4 Å². The second kappa shape index (κ2) is 6.70. The molecule has 0 radical (unpaired) electrons. The normalized spacial score (nSPS) is 13.1. The van der Waals surface area contributed by atoms with E-state index in [9.17, 15) is 0 Å². The van der Waals surface area contributed by atoms with E-state index >= 15 is 0 Å². The molecule has 0 bridgehead atoms. The van der Waals surface area contributed by atoms with Crippen molar-refractivity contribution in [3.63, 3.8) is 0 Å². The fraction of sp³-hybridized carbons (Fsp3) is 0.600. The lowest BCUT2D eigenvalue weighted by Gasteiger charge is -2.20. The van der Waals surface area contributed by atoms with Crippen LogP contribution < -0.4 is 5.32 Å². The third kappa shape index (κ3) is 3.48. The molecule has 1 unspecified atom stereocenters. The predicted octanol–water partition coefficient (Wildman–Crippen LogP) is 3.20. The van der Waals surface area contributed by atoms with E-state index < -0.39 is 0 Å². The number of nitrogens with one attached hydrogen (secondary N) is 1. The largest absolute Gasteiger partial charge is 0.461 e. The molecule has 2 rings (SSSR count). The third-order valence-corrected chi connectivity index (χ3v) is 3.39. The van der Waals surface area contributed by atoms with Gasteiger partial charge in [0.25, 0.3) is 0 Å². The van der Waals surface area contributed by atoms with Crippen LogP contribution in [0, 0.1) is 12.8 Å². The number of furan rings is 1. The van der Waals surface area contributed by atoms with Crippen molar-refractivity contribution in [2.45, 2.75) is 46.6 Å². The summed E-state index contributed by atoms with van der Waals surface area (Å²) in [4.78, 5) is 4.43. The highest BCUT2D eigenvalue weighted by molar-refractivity contribution is 5.50. The van der Waals surface area contributed by atoms with Crippen LogP contribution in [0.15, 0.2) is 21.3 Å². The molecule has 5 heteroatoms. The molecule has 1 atom stereocenters. The predicted molar refractivity (Wildman–Crippen MR) is 77.4 cm³/mol. The topological polar surface area (TPSA) is 64.1 Å². The van der Waals surface area contributed by atoms with Crippen molar-refractivity contribution in [1.82, 2.24) is 15.5 Å². The van der Waals surface area contributed by atoms with Crippen LogP contribution in [0.4, 0.5) is 0 Å². The molecule has 0 aliphatic carbocycles. The van der Waals surface area contributed by atoms with E-state index in [-0.39, 0.29) is 0 Å². The number of hydrogen-bond acceptors (Lipinski definition) is 5. The van der Waals surface area contributed by atoms with Crippen molar-refractivity contribution < 1.29 is 8.94 Å². The van der Waals surface area contributed by atoms with Gasteiger partial charge in [0.15, 0.2) is 5.76 Å². The van der Waals surface area contributed by atoms with Gasteiger partial charge >= 0.3 is 0 Å². The Balaban J connectivity index is 2.06. The minimum Gasteiger partial charge on any atom is -0.461 e. The summed E-state index contributed by atoms with van der Waals surface area (Å²) in [6.45, 7) is 9.52. The smallest absolute Gasteiger partial charge is 0.238 e. The Kier molecular flexibility index (Phi) is 4.95. The van der Waals surface area contributed by atoms with Gasteiger partial charge in [-0.25, -0.2) is 0 Å². The van der Waals surface area contributed by atoms with Gasteiger partial charge < -0.3 is 14.3 Å². The third-order valence-electron chi connectivity index (χ3n) is 3.39. The van der Waals surface area contributed by atoms with E-state index in [4.69, 9.17) is 8.94 Å². The molecule has 0 spiro atoms. The zero-order chi connectivity index (χ0) is 14.5. The average Bonchev–Trinajstić information content (AvgIpc) is 3.02. The van der Waals surface area contributed by atoms with E-state index in [1.165, 1.54) is 0 Å². The summed E-state index contributed by atoms with van der Waals surface area (Å²) in [6, 6.07) is 2.24. The van der Waals surface area contributed by atoms with Crippen LogP contribution in [0.5, 0.6) is 0 Å². The number of aromatic nitrogens is 2. The molecule has 0 amide bonds. The van der Waals surface area contributed by atoms with Gasteiger partial charge in [-0.3, -0.25) is 0 Å². The Hall–Kier alpha value is -1.62. The first kappa shape index (κ1) is 14.8. The van der Waals surface area contributed by atoms with E-state index in [0.717, 1.165) is 24.9 Å². The number of aryl methyl sites for hydroxylation is 1. The Morgan fingerprint density at radius 3 is 2.75 bits per heavy atom. The minimum atomic E-state index is 0.348. The van der Waals surface area contributed by atoms with Crippen molar-refractivity contribution in [2.24, 2.45) is 5.92 Å². The van der Waals surface area contributed by atoms with Crippen molar-refractivity contribution in [3.8, 4) is 11.6 Å². The van der Waals surface area contributed by atoms with Gasteiger partial charge in [-0.1, -0.05) is 25.9 Å². The number of hydrogen-bond donors (Lipinski definition) is 1. The molecule has 0 aliphatic rings. The lowest BCUT2D eigenvalue weighted by molar-refractivity contribution is 0.326. The van der Waals surface area contributed by atoms with Crippen molar-refractivity contribution in [3.05, 3.63) is 23.8 Å². The van der Waals surface area contributed by atoms with Crippen molar-refractivity contribution in [1.29, 1.82) is 0 Å². The molecule has 1 N–H and O–H groups in total. The van der Waals surface area contributed by atoms with Gasteiger partial charge in [-0.2, -0.15) is 4.98 Å². The fourth-order valence-electron chi connectivity index (χ4n) is 2.09. The number of rotatable bonds is 7. The highest BCUT2D eigenvalue weighted by atomic mass is 16.5. The summed E-state index contributed by atoms with van der Waals surface area (Å²) < 4.78 is 10.7. The molecular weight excluding hydrogens is 254 g/mol. The van der Waals surface area contributed by atoms with E-state index in [0.29, 0.717) is 29.4 Å². The quantitative estimate of drug-likeness (QED) is 0.842. The Bertz CT molecular complexity index is 531. The molecule has 5 nitrogen and oxygen atoms in total. The standard InChI is InChI=1S/C15H23N3O2/c1-5-7-16-12(10(2)3)9-13-17-15(18-20-13)14-11(4)6-8-19-14/h6,8,10,12,16H,5,7,9H2,1-4H3. The molecule has 0 aliphatic heterocycles. The lowest BCUT2D eigenvalue weighted by Crippen LogP contribution is -2.36. The molecular formula is C15H23N3O2. The molecule has 2 aromatic heterocycles. The Labute approximate surface area is 119 Å². The molecule has 20 heavy (non-hydrogen) atoms. The van der Waals surface area contributed by atoms with Crippen LogP contribution in [-0.4, -0.2) is 22.7 Å². The SMILES string of the molecule is CCCNC(Cc1nc(-c2occc2C)no1)C(C)C.